The summed E-state index contributed by atoms with van der Waals surface area (Å²) in [7, 11) is 0. The van der Waals surface area contributed by atoms with Crippen LogP contribution in [-0.2, 0) is 15.0 Å². The van der Waals surface area contributed by atoms with Crippen LogP contribution in [0.1, 0.15) is 43.2 Å². The number of fused-ring (bicyclic) bond motifs is 2. The highest BCUT2D eigenvalue weighted by atomic mass is 35.5. The third kappa shape index (κ3) is 2.49. The fourth-order valence-corrected chi connectivity index (χ4v) is 5.21. The molecule has 1 saturated carbocycles. The summed E-state index contributed by atoms with van der Waals surface area (Å²) in [6, 6.07) is 13.1. The van der Waals surface area contributed by atoms with E-state index in [9.17, 15) is 9.59 Å². The fourth-order valence-electron chi connectivity index (χ4n) is 4.84. The van der Waals surface area contributed by atoms with E-state index in [2.05, 4.69) is 5.32 Å². The van der Waals surface area contributed by atoms with Gasteiger partial charge in [-0.1, -0.05) is 54.7 Å². The summed E-state index contributed by atoms with van der Waals surface area (Å²) >= 11 is 12.4. The largest absolute Gasteiger partial charge is 0.325 e. The van der Waals surface area contributed by atoms with Crippen LogP contribution in [0.3, 0.4) is 0 Å². The van der Waals surface area contributed by atoms with Gasteiger partial charge in [0, 0.05) is 34.5 Å². The first-order valence-corrected chi connectivity index (χ1v) is 9.61. The summed E-state index contributed by atoms with van der Waals surface area (Å²) in [5.74, 6) is -0.147. The number of halogens is 2. The van der Waals surface area contributed by atoms with E-state index in [0.717, 1.165) is 23.2 Å². The monoisotopic (exact) mass is 387 g/mol. The topological polar surface area (TPSA) is 46.2 Å². The minimum atomic E-state index is -0.771. The maximum absolute atomic E-state index is 13.4. The second kappa shape index (κ2) is 6.40. The second-order valence-electron chi connectivity index (χ2n) is 7.17. The van der Waals surface area contributed by atoms with E-state index in [4.69, 9.17) is 23.2 Å². The van der Waals surface area contributed by atoms with Crippen LogP contribution in [0.4, 0.5) is 5.69 Å². The molecule has 1 spiro atoms. The van der Waals surface area contributed by atoms with E-state index in [0.29, 0.717) is 22.9 Å². The summed E-state index contributed by atoms with van der Waals surface area (Å²) in [6.45, 7) is 2.04. The van der Waals surface area contributed by atoms with Crippen molar-refractivity contribution in [3.05, 3.63) is 63.6 Å². The van der Waals surface area contributed by atoms with E-state index in [-0.39, 0.29) is 23.5 Å². The Balaban J connectivity index is 1.97. The Kier molecular flexibility index (Phi) is 4.32. The van der Waals surface area contributed by atoms with Crippen molar-refractivity contribution < 1.29 is 9.59 Å². The molecule has 2 aromatic carbocycles. The zero-order valence-electron chi connectivity index (χ0n) is 14.4. The van der Waals surface area contributed by atoms with Crippen LogP contribution in [0.15, 0.2) is 42.5 Å². The number of anilines is 1. The normalized spacial score (nSPS) is 27.5. The van der Waals surface area contributed by atoms with Crippen LogP contribution in [0.5, 0.6) is 0 Å². The SMILES string of the molecule is CC[C@@H]1CC(=O)C[C@@H](c2cccc(Cl)c2)[C@]12C(=O)Nc1cc(Cl)ccc12. The Hall–Kier alpha value is -1.84. The number of carbonyl (C=O) groups is 2. The standard InChI is InChI=1S/C21H19Cl2NO2/c1-2-13-9-16(25)11-18(12-4-3-5-14(22)8-12)21(13)17-7-6-15(23)10-19(17)24-20(21)26/h3-8,10,13,18H,2,9,11H2,1H3,(H,24,26)/t13-,18+,21+/m1/s1. The molecule has 1 amide bonds. The minimum Gasteiger partial charge on any atom is -0.325 e. The smallest absolute Gasteiger partial charge is 0.236 e. The van der Waals surface area contributed by atoms with Gasteiger partial charge in [0.1, 0.15) is 5.78 Å². The van der Waals surface area contributed by atoms with Crippen LogP contribution in [0, 0.1) is 5.92 Å². The molecule has 26 heavy (non-hydrogen) atoms. The van der Waals surface area contributed by atoms with Gasteiger partial charge < -0.3 is 5.32 Å². The average molecular weight is 388 g/mol. The lowest BCUT2D eigenvalue weighted by Crippen LogP contribution is -2.51. The Morgan fingerprint density at radius 2 is 1.85 bits per heavy atom. The van der Waals surface area contributed by atoms with Gasteiger partial charge in [0.05, 0.1) is 5.41 Å². The van der Waals surface area contributed by atoms with Crippen molar-refractivity contribution in [2.45, 2.75) is 37.5 Å². The minimum absolute atomic E-state index is 0.0425. The number of carbonyl (C=O) groups excluding carboxylic acids is 2. The quantitative estimate of drug-likeness (QED) is 0.753. The van der Waals surface area contributed by atoms with E-state index in [1.165, 1.54) is 0 Å². The number of hydrogen-bond acceptors (Lipinski definition) is 2. The van der Waals surface area contributed by atoms with E-state index in [1.807, 2.05) is 43.3 Å². The predicted octanol–water partition coefficient (Wildman–Crippen LogP) is 5.36. The van der Waals surface area contributed by atoms with Crippen molar-refractivity contribution in [1.82, 2.24) is 0 Å². The van der Waals surface area contributed by atoms with Crippen molar-refractivity contribution >= 4 is 40.6 Å². The third-order valence-electron chi connectivity index (χ3n) is 5.89. The molecule has 0 saturated heterocycles. The lowest BCUT2D eigenvalue weighted by Gasteiger charge is -2.45. The maximum atomic E-state index is 13.4. The van der Waals surface area contributed by atoms with Crippen LogP contribution in [-0.4, -0.2) is 11.7 Å². The highest BCUT2D eigenvalue weighted by molar-refractivity contribution is 6.31. The first-order chi connectivity index (χ1) is 12.5. The first-order valence-electron chi connectivity index (χ1n) is 8.85. The molecule has 4 rings (SSSR count). The number of nitrogens with one attached hydrogen (secondary N) is 1. The number of Topliss-reactive ketones (excluding diaryl/α,β-unsaturated/α-hetero) is 1. The number of amides is 1. The molecule has 0 radical (unpaired) electrons. The molecule has 1 aliphatic heterocycles. The van der Waals surface area contributed by atoms with Gasteiger partial charge in [0.2, 0.25) is 5.91 Å². The molecule has 2 aliphatic rings. The van der Waals surface area contributed by atoms with Gasteiger partial charge >= 0.3 is 0 Å². The maximum Gasteiger partial charge on any atom is 0.236 e. The van der Waals surface area contributed by atoms with Gasteiger partial charge in [0.15, 0.2) is 0 Å². The van der Waals surface area contributed by atoms with Crippen LogP contribution in [0.2, 0.25) is 10.0 Å². The van der Waals surface area contributed by atoms with E-state index >= 15 is 0 Å². The summed E-state index contributed by atoms with van der Waals surface area (Å²) in [6.07, 6.45) is 1.51. The lowest BCUT2D eigenvalue weighted by molar-refractivity contribution is -0.131. The highest BCUT2D eigenvalue weighted by Gasteiger charge is 2.59. The molecule has 3 atom stereocenters. The van der Waals surface area contributed by atoms with Gasteiger partial charge in [-0.2, -0.15) is 0 Å². The zero-order valence-corrected chi connectivity index (χ0v) is 15.9. The molecule has 0 unspecified atom stereocenters. The van der Waals surface area contributed by atoms with E-state index in [1.54, 1.807) is 6.07 Å². The molecule has 1 aliphatic carbocycles. The fraction of sp³-hybridized carbons (Fsp3) is 0.333. The molecular weight excluding hydrogens is 369 g/mol. The Morgan fingerprint density at radius 1 is 1.08 bits per heavy atom. The van der Waals surface area contributed by atoms with Crippen molar-refractivity contribution in [3.63, 3.8) is 0 Å². The number of hydrogen-bond donors (Lipinski definition) is 1. The zero-order chi connectivity index (χ0) is 18.5. The molecule has 1 heterocycles. The Morgan fingerprint density at radius 3 is 2.58 bits per heavy atom. The molecule has 3 nitrogen and oxygen atoms in total. The molecule has 2 aromatic rings. The van der Waals surface area contributed by atoms with Gasteiger partial charge in [-0.25, -0.2) is 0 Å². The Bertz CT molecular complexity index is 911. The summed E-state index contributed by atoms with van der Waals surface area (Å²) in [4.78, 5) is 25.9. The molecular formula is C21H19Cl2NO2. The average Bonchev–Trinajstić information content (AvgIpc) is 2.88. The van der Waals surface area contributed by atoms with Gasteiger partial charge in [-0.15, -0.1) is 0 Å². The first kappa shape index (κ1) is 17.6. The highest BCUT2D eigenvalue weighted by Crippen LogP contribution is 2.57. The molecule has 134 valence electrons. The number of benzene rings is 2. The molecule has 0 bridgehead atoms. The molecule has 0 aromatic heterocycles. The predicted molar refractivity (Wildman–Crippen MR) is 104 cm³/mol. The number of rotatable bonds is 2. The molecule has 1 fully saturated rings. The van der Waals surface area contributed by atoms with Gasteiger partial charge in [-0.05, 0) is 41.3 Å². The van der Waals surface area contributed by atoms with Gasteiger partial charge in [0.25, 0.3) is 0 Å². The van der Waals surface area contributed by atoms with Crippen molar-refractivity contribution in [2.24, 2.45) is 5.92 Å². The van der Waals surface area contributed by atoms with Crippen LogP contribution in [0.25, 0.3) is 0 Å². The summed E-state index contributed by atoms with van der Waals surface area (Å²) in [5.41, 5.74) is 1.85. The summed E-state index contributed by atoms with van der Waals surface area (Å²) < 4.78 is 0. The van der Waals surface area contributed by atoms with Crippen molar-refractivity contribution in [3.8, 4) is 0 Å². The van der Waals surface area contributed by atoms with Crippen molar-refractivity contribution in [1.29, 1.82) is 0 Å². The molecule has 1 N–H and O–H groups in total. The van der Waals surface area contributed by atoms with Crippen LogP contribution < -0.4 is 5.32 Å². The van der Waals surface area contributed by atoms with Crippen LogP contribution >= 0.6 is 23.2 Å². The van der Waals surface area contributed by atoms with Gasteiger partial charge in [-0.3, -0.25) is 9.59 Å². The summed E-state index contributed by atoms with van der Waals surface area (Å²) in [5, 5.41) is 4.22. The lowest BCUT2D eigenvalue weighted by atomic mass is 9.54. The molecule has 5 heteroatoms. The second-order valence-corrected chi connectivity index (χ2v) is 8.05. The Labute approximate surface area is 162 Å². The van der Waals surface area contributed by atoms with E-state index < -0.39 is 5.41 Å². The number of ketones is 1. The third-order valence-corrected chi connectivity index (χ3v) is 6.36. The van der Waals surface area contributed by atoms with Crippen molar-refractivity contribution in [2.75, 3.05) is 5.32 Å².